The molecule has 0 spiro atoms. The van der Waals surface area contributed by atoms with Gasteiger partial charge in [0, 0.05) is 0 Å². The molecule has 10 heavy (non-hydrogen) atoms. The van der Waals surface area contributed by atoms with Gasteiger partial charge in [-0.15, -0.1) is 0 Å². The summed E-state index contributed by atoms with van der Waals surface area (Å²) in [5.41, 5.74) is 0. The number of halogens is 2. The first-order chi connectivity index (χ1) is 4.61. The Bertz CT molecular complexity index is 275. The van der Waals surface area contributed by atoms with Crippen molar-refractivity contribution in [1.82, 2.24) is 4.98 Å². The van der Waals surface area contributed by atoms with Gasteiger partial charge in [-0.3, -0.25) is 10.1 Å². The number of hydrogen-bond acceptors (Lipinski definition) is 4. The summed E-state index contributed by atoms with van der Waals surface area (Å²) in [4.78, 5) is 13.2. The highest BCUT2D eigenvalue weighted by molar-refractivity contribution is 14.1. The largest absolute Gasteiger partial charge is 0.363 e. The first kappa shape index (κ1) is 8.15. The molecule has 0 aliphatic rings. The van der Waals surface area contributed by atoms with Crippen molar-refractivity contribution in [2.75, 3.05) is 0 Å². The van der Waals surface area contributed by atoms with Crippen LogP contribution in [0, 0.1) is 13.1 Å². The van der Waals surface area contributed by atoms with Crippen molar-refractivity contribution in [1.29, 1.82) is 0 Å². The monoisotopic (exact) mass is 290 g/mol. The molecule has 0 aliphatic heterocycles. The third-order valence-corrected chi connectivity index (χ3v) is 2.78. The van der Waals surface area contributed by atoms with Crippen LogP contribution in [0.1, 0.15) is 0 Å². The van der Waals surface area contributed by atoms with Crippen molar-refractivity contribution in [2.45, 2.75) is 0 Å². The Morgan fingerprint density at radius 2 is 2.40 bits per heavy atom. The van der Waals surface area contributed by atoms with Crippen LogP contribution < -0.4 is 0 Å². The van der Waals surface area contributed by atoms with Gasteiger partial charge in [0.15, 0.2) is 3.01 Å². The fourth-order valence-electron chi connectivity index (χ4n) is 0.382. The number of thiazole rings is 1. The first-order valence-electron chi connectivity index (χ1n) is 2.07. The molecule has 1 rings (SSSR count). The average molecular weight is 290 g/mol. The maximum atomic E-state index is 10.1. The van der Waals surface area contributed by atoms with Crippen LogP contribution in [0.15, 0.2) is 0 Å². The quantitative estimate of drug-likeness (QED) is 0.453. The standard InChI is InChI=1S/C3ClIN2O2S/c4-1-2(7(8)9)10-3(5)6-1. The zero-order chi connectivity index (χ0) is 7.72. The number of nitro groups is 1. The van der Waals surface area contributed by atoms with E-state index in [2.05, 4.69) is 4.98 Å². The second-order valence-electron chi connectivity index (χ2n) is 1.32. The van der Waals surface area contributed by atoms with Gasteiger partial charge in [0.1, 0.15) is 0 Å². The Balaban J connectivity index is 3.15. The predicted octanol–water partition coefficient (Wildman–Crippen LogP) is 2.31. The molecule has 0 bridgehead atoms. The van der Waals surface area contributed by atoms with Gasteiger partial charge in [-0.05, 0) is 33.9 Å². The van der Waals surface area contributed by atoms with Crippen LogP contribution in [0.5, 0.6) is 0 Å². The molecule has 7 heteroatoms. The molecule has 0 radical (unpaired) electrons. The second kappa shape index (κ2) is 2.97. The Morgan fingerprint density at radius 1 is 1.80 bits per heavy atom. The molecule has 0 atom stereocenters. The van der Waals surface area contributed by atoms with Crippen LogP contribution in [0.4, 0.5) is 5.00 Å². The van der Waals surface area contributed by atoms with Crippen LogP contribution in [0.2, 0.25) is 5.15 Å². The maximum absolute atomic E-state index is 10.1. The summed E-state index contributed by atoms with van der Waals surface area (Å²) >= 11 is 8.24. The smallest absolute Gasteiger partial charge is 0.257 e. The highest BCUT2D eigenvalue weighted by atomic mass is 127. The van der Waals surface area contributed by atoms with Crippen molar-refractivity contribution in [2.24, 2.45) is 0 Å². The molecule has 0 aromatic carbocycles. The fourth-order valence-corrected chi connectivity index (χ4v) is 2.21. The minimum Gasteiger partial charge on any atom is -0.257 e. The summed E-state index contributed by atoms with van der Waals surface area (Å²) in [7, 11) is 0. The zero-order valence-corrected chi connectivity index (χ0v) is 8.11. The van der Waals surface area contributed by atoms with Crippen LogP contribution in [-0.4, -0.2) is 9.91 Å². The van der Waals surface area contributed by atoms with E-state index >= 15 is 0 Å². The van der Waals surface area contributed by atoms with Gasteiger partial charge >= 0.3 is 5.00 Å². The molecule has 54 valence electrons. The minimum absolute atomic E-state index is 0.0283. The van der Waals surface area contributed by atoms with Gasteiger partial charge < -0.3 is 0 Å². The van der Waals surface area contributed by atoms with Crippen LogP contribution in [0.25, 0.3) is 0 Å². The number of hydrogen-bond donors (Lipinski definition) is 0. The lowest BCUT2D eigenvalue weighted by atomic mass is 10.9. The molecular weight excluding hydrogens is 290 g/mol. The third-order valence-electron chi connectivity index (χ3n) is 0.709. The molecular formula is C3ClIN2O2S. The third kappa shape index (κ3) is 1.55. The molecule has 1 aromatic rings. The van der Waals surface area contributed by atoms with Gasteiger partial charge in [0.2, 0.25) is 5.15 Å². The zero-order valence-electron chi connectivity index (χ0n) is 4.38. The van der Waals surface area contributed by atoms with E-state index in [1.54, 1.807) is 0 Å². The van der Waals surface area contributed by atoms with Gasteiger partial charge in [-0.2, -0.15) is 0 Å². The highest BCUT2D eigenvalue weighted by Gasteiger charge is 2.17. The summed E-state index contributed by atoms with van der Waals surface area (Å²) < 4.78 is 0.578. The Labute approximate surface area is 78.5 Å². The molecule has 1 heterocycles. The van der Waals surface area contributed by atoms with Crippen molar-refractivity contribution in [3.8, 4) is 0 Å². The first-order valence-corrected chi connectivity index (χ1v) is 4.35. The molecule has 0 unspecified atom stereocenters. The van der Waals surface area contributed by atoms with E-state index in [-0.39, 0.29) is 10.2 Å². The Hall–Kier alpha value is 0.0500. The molecule has 4 nitrogen and oxygen atoms in total. The second-order valence-corrected chi connectivity index (χ2v) is 4.41. The van der Waals surface area contributed by atoms with Gasteiger partial charge in [0.25, 0.3) is 0 Å². The summed E-state index contributed by atoms with van der Waals surface area (Å²) in [6.45, 7) is 0. The summed E-state index contributed by atoms with van der Waals surface area (Å²) in [6.07, 6.45) is 0. The van der Waals surface area contributed by atoms with Crippen LogP contribution in [-0.2, 0) is 0 Å². The van der Waals surface area contributed by atoms with E-state index in [4.69, 9.17) is 11.6 Å². The van der Waals surface area contributed by atoms with E-state index in [9.17, 15) is 10.1 Å². The van der Waals surface area contributed by atoms with Crippen LogP contribution in [0.3, 0.4) is 0 Å². The van der Waals surface area contributed by atoms with Crippen LogP contribution >= 0.6 is 45.5 Å². The normalized spacial score (nSPS) is 9.80. The van der Waals surface area contributed by atoms with Crippen molar-refractivity contribution in [3.63, 3.8) is 0 Å². The van der Waals surface area contributed by atoms with Crippen molar-refractivity contribution >= 4 is 50.5 Å². The molecule has 0 saturated carbocycles. The van der Waals surface area contributed by atoms with E-state index < -0.39 is 4.92 Å². The van der Waals surface area contributed by atoms with E-state index in [0.717, 1.165) is 11.3 Å². The van der Waals surface area contributed by atoms with Gasteiger partial charge in [0.05, 0.1) is 4.92 Å². The molecule has 0 aliphatic carbocycles. The lowest BCUT2D eigenvalue weighted by molar-refractivity contribution is -0.380. The number of rotatable bonds is 1. The molecule has 0 amide bonds. The topological polar surface area (TPSA) is 56.0 Å². The SMILES string of the molecule is O=[N+]([O-])c1sc(I)nc1Cl. The molecule has 0 fully saturated rings. The predicted molar refractivity (Wildman–Crippen MR) is 46.5 cm³/mol. The molecule has 1 aromatic heterocycles. The van der Waals surface area contributed by atoms with Gasteiger partial charge in [-0.25, -0.2) is 4.98 Å². The minimum atomic E-state index is -0.540. The van der Waals surface area contributed by atoms with E-state index in [0.29, 0.717) is 3.01 Å². The van der Waals surface area contributed by atoms with Crippen molar-refractivity contribution < 1.29 is 4.92 Å². The number of nitrogens with zero attached hydrogens (tertiary/aromatic N) is 2. The number of aromatic nitrogens is 1. The Morgan fingerprint density at radius 3 is 2.60 bits per heavy atom. The highest BCUT2D eigenvalue weighted by Crippen LogP contribution is 2.31. The van der Waals surface area contributed by atoms with Crippen molar-refractivity contribution in [3.05, 3.63) is 18.3 Å². The summed E-state index contributed by atoms with van der Waals surface area (Å²) in [5.74, 6) is 0. The lowest BCUT2D eigenvalue weighted by Gasteiger charge is -1.79. The van der Waals surface area contributed by atoms with E-state index in [1.165, 1.54) is 0 Å². The summed E-state index contributed by atoms with van der Waals surface area (Å²) in [6, 6.07) is 0. The maximum Gasteiger partial charge on any atom is 0.363 e. The molecule has 0 N–H and O–H groups in total. The Kier molecular flexibility index (Phi) is 2.42. The lowest BCUT2D eigenvalue weighted by Crippen LogP contribution is -1.82. The fraction of sp³-hybridized carbons (Fsp3) is 0. The molecule has 0 saturated heterocycles. The van der Waals surface area contributed by atoms with E-state index in [1.807, 2.05) is 22.6 Å². The average Bonchev–Trinajstić information content (AvgIpc) is 2.10. The summed E-state index contributed by atoms with van der Waals surface area (Å²) in [5, 5.41) is 10.0. The van der Waals surface area contributed by atoms with Gasteiger partial charge in [-0.1, -0.05) is 11.6 Å².